The van der Waals surface area contributed by atoms with Crippen molar-refractivity contribution < 1.29 is 23.5 Å². The summed E-state index contributed by atoms with van der Waals surface area (Å²) in [4.78, 5) is 43.4. The van der Waals surface area contributed by atoms with Gasteiger partial charge < -0.3 is 9.64 Å². The largest absolute Gasteiger partial charge is 0.453 e. The van der Waals surface area contributed by atoms with E-state index in [0.29, 0.717) is 32.1 Å². The van der Waals surface area contributed by atoms with Crippen molar-refractivity contribution in [3.05, 3.63) is 83.1 Å². The maximum absolute atomic E-state index is 14.9. The van der Waals surface area contributed by atoms with Gasteiger partial charge in [0.15, 0.2) is 11.6 Å². The van der Waals surface area contributed by atoms with Crippen molar-refractivity contribution in [3.8, 4) is 11.5 Å². The molecule has 0 saturated heterocycles. The zero-order valence-corrected chi connectivity index (χ0v) is 21.3. The van der Waals surface area contributed by atoms with Crippen molar-refractivity contribution in [2.24, 2.45) is 0 Å². The molecule has 0 aliphatic heterocycles. The Bertz CT molecular complexity index is 1460. The summed E-state index contributed by atoms with van der Waals surface area (Å²) >= 11 is 1.19. The topological polar surface area (TPSA) is 91.8 Å². The van der Waals surface area contributed by atoms with Crippen LogP contribution in [0.5, 0.6) is 11.5 Å². The Morgan fingerprint density at radius 2 is 1.76 bits per heavy atom. The molecule has 8 nitrogen and oxygen atoms in total. The second-order valence-corrected chi connectivity index (χ2v) is 9.57. The predicted molar refractivity (Wildman–Crippen MR) is 140 cm³/mol. The molecule has 2 amide bonds. The van der Waals surface area contributed by atoms with Crippen LogP contribution in [0.2, 0.25) is 0 Å². The molecule has 4 aromatic rings. The van der Waals surface area contributed by atoms with Gasteiger partial charge in [-0.1, -0.05) is 24.3 Å². The molecule has 37 heavy (non-hydrogen) atoms. The van der Waals surface area contributed by atoms with E-state index in [1.165, 1.54) is 39.6 Å². The third-order valence-electron chi connectivity index (χ3n) is 5.41. The number of hydrogen-bond donors (Lipinski definition) is 1. The molecule has 190 valence electrons. The molecule has 0 aliphatic rings. The first-order valence-corrected chi connectivity index (χ1v) is 12.2. The Balaban J connectivity index is 1.43. The SMILES string of the molecule is CN(C)NC(=O)c1cc2nccc(Oc3ccc(CC(=O)CC(=O)N(C)c4ccccc4)cc3F)c2s1. The Kier molecular flexibility index (Phi) is 7.90. The summed E-state index contributed by atoms with van der Waals surface area (Å²) in [6.07, 6.45) is 1.15. The van der Waals surface area contributed by atoms with E-state index in [-0.39, 0.29) is 36.2 Å². The summed E-state index contributed by atoms with van der Waals surface area (Å²) in [6.45, 7) is 0. The van der Waals surface area contributed by atoms with Crippen LogP contribution in [0.25, 0.3) is 10.2 Å². The van der Waals surface area contributed by atoms with Crippen LogP contribution in [0, 0.1) is 5.82 Å². The van der Waals surface area contributed by atoms with Crippen LogP contribution in [0.15, 0.2) is 66.9 Å². The molecule has 2 aromatic heterocycles. The highest BCUT2D eigenvalue weighted by atomic mass is 32.1. The average Bonchev–Trinajstić information content (AvgIpc) is 3.31. The first-order valence-electron chi connectivity index (χ1n) is 11.4. The number of nitrogens with one attached hydrogen (secondary N) is 1. The Hall–Kier alpha value is -4.15. The number of nitrogens with zero attached hydrogens (tertiary/aromatic N) is 3. The zero-order valence-electron chi connectivity index (χ0n) is 20.5. The molecule has 2 heterocycles. The minimum absolute atomic E-state index is 0.0312. The zero-order chi connectivity index (χ0) is 26.5. The van der Waals surface area contributed by atoms with Gasteiger partial charge in [0.1, 0.15) is 11.5 Å². The van der Waals surface area contributed by atoms with E-state index >= 15 is 0 Å². The van der Waals surface area contributed by atoms with Gasteiger partial charge in [-0.3, -0.25) is 24.8 Å². The van der Waals surface area contributed by atoms with Crippen LogP contribution < -0.4 is 15.1 Å². The molecule has 0 fully saturated rings. The van der Waals surface area contributed by atoms with Gasteiger partial charge in [0.2, 0.25) is 5.91 Å². The highest BCUT2D eigenvalue weighted by molar-refractivity contribution is 7.21. The Morgan fingerprint density at radius 1 is 1.00 bits per heavy atom. The monoisotopic (exact) mass is 520 g/mol. The fourth-order valence-electron chi connectivity index (χ4n) is 3.59. The fraction of sp³-hybridized carbons (Fsp3) is 0.185. The van der Waals surface area contributed by atoms with E-state index in [2.05, 4.69) is 10.4 Å². The van der Waals surface area contributed by atoms with Crippen LogP contribution >= 0.6 is 11.3 Å². The normalized spacial score (nSPS) is 10.9. The lowest BCUT2D eigenvalue weighted by Crippen LogP contribution is -2.35. The van der Waals surface area contributed by atoms with Gasteiger partial charge in [-0.25, -0.2) is 9.40 Å². The van der Waals surface area contributed by atoms with Gasteiger partial charge in [0.05, 0.1) is 21.5 Å². The second-order valence-electron chi connectivity index (χ2n) is 8.52. The van der Waals surface area contributed by atoms with Crippen molar-refractivity contribution >= 4 is 44.8 Å². The van der Waals surface area contributed by atoms with Crippen LogP contribution in [-0.4, -0.2) is 48.7 Å². The summed E-state index contributed by atoms with van der Waals surface area (Å²) in [5.74, 6) is -1.27. The lowest BCUT2D eigenvalue weighted by atomic mass is 10.1. The number of halogens is 1. The van der Waals surface area contributed by atoms with Gasteiger partial charge in [-0.2, -0.15) is 0 Å². The summed E-state index contributed by atoms with van der Waals surface area (Å²) < 4.78 is 21.3. The Labute approximate surface area is 217 Å². The lowest BCUT2D eigenvalue weighted by Gasteiger charge is -2.16. The number of pyridine rings is 1. The Morgan fingerprint density at radius 3 is 2.46 bits per heavy atom. The molecule has 0 saturated carbocycles. The second kappa shape index (κ2) is 11.3. The van der Waals surface area contributed by atoms with Crippen molar-refractivity contribution in [1.82, 2.24) is 15.4 Å². The van der Waals surface area contributed by atoms with Crippen LogP contribution in [0.3, 0.4) is 0 Å². The number of carbonyl (C=O) groups excluding carboxylic acids is 3. The summed E-state index contributed by atoms with van der Waals surface area (Å²) in [6, 6.07) is 16.5. The fourth-order valence-corrected chi connectivity index (χ4v) is 4.55. The number of thiophene rings is 1. The summed E-state index contributed by atoms with van der Waals surface area (Å²) in [5, 5.41) is 1.54. The van der Waals surface area contributed by atoms with Gasteiger partial charge in [0.25, 0.3) is 5.91 Å². The van der Waals surface area contributed by atoms with E-state index in [0.717, 1.165) is 0 Å². The quantitative estimate of drug-likeness (QED) is 0.256. The lowest BCUT2D eigenvalue weighted by molar-refractivity contribution is -0.126. The molecular weight excluding hydrogens is 495 g/mol. The first-order chi connectivity index (χ1) is 17.7. The molecule has 4 rings (SSSR count). The van der Waals surface area contributed by atoms with Gasteiger partial charge in [-0.05, 0) is 35.9 Å². The molecule has 0 unspecified atom stereocenters. The number of amides is 2. The smallest absolute Gasteiger partial charge is 0.275 e. The van der Waals surface area contributed by atoms with Crippen LogP contribution in [0.4, 0.5) is 10.1 Å². The number of benzene rings is 2. The highest BCUT2D eigenvalue weighted by Gasteiger charge is 2.18. The van der Waals surface area contributed by atoms with E-state index < -0.39 is 5.82 Å². The molecule has 0 radical (unpaired) electrons. The number of ether oxygens (including phenoxy) is 1. The summed E-state index contributed by atoms with van der Waals surface area (Å²) in [5.41, 5.74) is 4.35. The van der Waals surface area contributed by atoms with Crippen molar-refractivity contribution in [3.63, 3.8) is 0 Å². The van der Waals surface area contributed by atoms with Gasteiger partial charge >= 0.3 is 0 Å². The number of rotatable bonds is 9. The minimum Gasteiger partial charge on any atom is -0.453 e. The third kappa shape index (κ3) is 6.35. The molecule has 0 spiro atoms. The van der Waals surface area contributed by atoms with E-state index in [9.17, 15) is 18.8 Å². The van der Waals surface area contributed by atoms with Crippen LogP contribution in [-0.2, 0) is 16.0 Å². The standard InChI is InChI=1S/C27H25FN4O4S/c1-31(2)30-27(35)24-16-21-26(37-24)23(11-12-29-21)36-22-10-9-17(14-20(22)28)13-19(33)15-25(34)32(3)18-7-5-4-6-8-18/h4-12,14,16H,13,15H2,1-3H3,(H,30,35). The first kappa shape index (κ1) is 25.9. The van der Waals surface area contributed by atoms with Crippen molar-refractivity contribution in [2.45, 2.75) is 12.8 Å². The van der Waals surface area contributed by atoms with Gasteiger partial charge in [-0.15, -0.1) is 11.3 Å². The maximum atomic E-state index is 14.9. The molecule has 2 aromatic carbocycles. The number of carbonyl (C=O) groups is 3. The van der Waals surface area contributed by atoms with Crippen molar-refractivity contribution in [1.29, 1.82) is 0 Å². The maximum Gasteiger partial charge on any atom is 0.275 e. The summed E-state index contributed by atoms with van der Waals surface area (Å²) in [7, 11) is 5.02. The van der Waals surface area contributed by atoms with E-state index in [1.54, 1.807) is 51.5 Å². The van der Waals surface area contributed by atoms with E-state index in [1.807, 2.05) is 18.2 Å². The number of hydrazine groups is 1. The number of fused-ring (bicyclic) bond motifs is 1. The van der Waals surface area contributed by atoms with Crippen molar-refractivity contribution in [2.75, 3.05) is 26.0 Å². The molecule has 1 N–H and O–H groups in total. The number of hydrogen-bond acceptors (Lipinski definition) is 7. The number of para-hydroxylation sites is 1. The predicted octanol–water partition coefficient (Wildman–Crippen LogP) is 4.60. The average molecular weight is 521 g/mol. The molecule has 0 aliphatic carbocycles. The molecule has 10 heteroatoms. The number of Topliss-reactive ketones (excluding diaryl/α,β-unsaturated/α-hetero) is 1. The number of ketones is 1. The third-order valence-corrected chi connectivity index (χ3v) is 6.55. The van der Waals surface area contributed by atoms with Crippen LogP contribution in [0.1, 0.15) is 21.7 Å². The number of aromatic nitrogens is 1. The molecular formula is C27H25FN4O4S. The van der Waals surface area contributed by atoms with Gasteiger partial charge in [0, 0.05) is 45.5 Å². The molecule has 0 bridgehead atoms. The number of anilines is 1. The highest BCUT2D eigenvalue weighted by Crippen LogP contribution is 2.36. The minimum atomic E-state index is -0.648. The molecule has 0 atom stereocenters. The van der Waals surface area contributed by atoms with E-state index in [4.69, 9.17) is 4.74 Å².